The van der Waals surface area contributed by atoms with E-state index in [1.165, 1.54) is 6.34 Å². The number of nitrogens with one attached hydrogen (secondary N) is 1. The lowest BCUT2D eigenvalue weighted by atomic mass is 10.4. The predicted molar refractivity (Wildman–Crippen MR) is 80.8 cm³/mol. The van der Waals surface area contributed by atoms with Crippen LogP contribution in [0.3, 0.4) is 0 Å². The molecular weight excluding hydrogens is 252 g/mol. The van der Waals surface area contributed by atoms with Crippen molar-refractivity contribution in [2.45, 2.75) is 0 Å². The van der Waals surface area contributed by atoms with Crippen molar-refractivity contribution in [2.24, 2.45) is 27.5 Å². The molecule has 1 heterocycles. The second-order valence-electron chi connectivity index (χ2n) is 3.71. The Morgan fingerprint density at radius 1 is 1.35 bits per heavy atom. The molecule has 0 aliphatic heterocycles. The minimum atomic E-state index is 0.530. The molecule has 0 unspecified atom stereocenters. The third kappa shape index (κ3) is 6.25. The van der Waals surface area contributed by atoms with Crippen LogP contribution in [0, 0.1) is 0 Å². The molecule has 0 saturated carbocycles. The quantitative estimate of drug-likeness (QED) is 0.278. The van der Waals surface area contributed by atoms with E-state index in [1.54, 1.807) is 12.3 Å². The normalized spacial score (nSPS) is 13.2. The molecule has 1 aromatic heterocycles. The van der Waals surface area contributed by atoms with Crippen LogP contribution in [0.5, 0.6) is 0 Å². The van der Waals surface area contributed by atoms with Gasteiger partial charge in [0.25, 0.3) is 0 Å². The average molecular weight is 270 g/mol. The van der Waals surface area contributed by atoms with E-state index in [-0.39, 0.29) is 0 Å². The van der Waals surface area contributed by atoms with Gasteiger partial charge in [0, 0.05) is 20.3 Å². The Morgan fingerprint density at radius 3 is 2.95 bits per heavy atom. The second kappa shape index (κ2) is 9.21. The minimum absolute atomic E-state index is 0.530. The Morgan fingerprint density at radius 2 is 2.20 bits per heavy atom. The van der Waals surface area contributed by atoms with Gasteiger partial charge in [0.15, 0.2) is 11.8 Å². The molecular formula is C14H18N6. The lowest BCUT2D eigenvalue weighted by Gasteiger charge is -1.94. The monoisotopic (exact) mass is 270 g/mol. The van der Waals surface area contributed by atoms with Crippen molar-refractivity contribution in [3.8, 4) is 0 Å². The number of aryl methyl sites for hydroxylation is 1. The topological polar surface area (TPSA) is 66.4 Å². The summed E-state index contributed by atoms with van der Waals surface area (Å²) < 4.78 is 1.85. The molecule has 0 spiro atoms. The van der Waals surface area contributed by atoms with E-state index >= 15 is 0 Å². The minimum Gasteiger partial charge on any atom is -0.394 e. The van der Waals surface area contributed by atoms with Gasteiger partial charge in [-0.2, -0.15) is 5.11 Å². The Bertz CT molecular complexity index is 604. The molecule has 0 bridgehead atoms. The van der Waals surface area contributed by atoms with Gasteiger partial charge >= 0.3 is 0 Å². The van der Waals surface area contributed by atoms with Crippen LogP contribution < -0.4 is 10.8 Å². The van der Waals surface area contributed by atoms with Crippen molar-refractivity contribution < 1.29 is 0 Å². The first-order valence-corrected chi connectivity index (χ1v) is 6.01. The van der Waals surface area contributed by atoms with Gasteiger partial charge < -0.3 is 9.88 Å². The summed E-state index contributed by atoms with van der Waals surface area (Å²) in [5.74, 6) is 0. The Kier molecular flexibility index (Phi) is 7.04. The summed E-state index contributed by atoms with van der Waals surface area (Å²) in [6.07, 6.45) is 10.3. The van der Waals surface area contributed by atoms with Gasteiger partial charge in [-0.1, -0.05) is 18.7 Å². The Hall–Kier alpha value is -2.76. The second-order valence-corrected chi connectivity index (χ2v) is 3.71. The summed E-state index contributed by atoms with van der Waals surface area (Å²) in [5.41, 5.74) is 1.26. The Labute approximate surface area is 118 Å². The molecule has 1 rings (SSSR count). The van der Waals surface area contributed by atoms with Crippen molar-refractivity contribution in [3.63, 3.8) is 0 Å². The standard InChI is InChI=1S/C14H18N6/c1-13(8-4-6-10-15-2)18-16-12-17-19-14-9-5-7-11-20(14)3/h4-12,15H,1H2,2-3H3/b8-4-,10-6-,17-12+,18-16?,19-14+. The third-order valence-corrected chi connectivity index (χ3v) is 2.14. The summed E-state index contributed by atoms with van der Waals surface area (Å²) in [4.78, 5) is 0. The SMILES string of the molecule is C=C(/C=C\C=C/NC)N=N/C=N/N=c1\ccccn1C. The number of aromatic nitrogens is 1. The molecule has 1 aromatic rings. The zero-order chi connectivity index (χ0) is 14.6. The fourth-order valence-corrected chi connectivity index (χ4v) is 1.18. The third-order valence-electron chi connectivity index (χ3n) is 2.14. The Balaban J connectivity index is 2.53. The largest absolute Gasteiger partial charge is 0.394 e. The number of hydrogen-bond donors (Lipinski definition) is 1. The molecule has 0 saturated heterocycles. The lowest BCUT2D eigenvalue weighted by molar-refractivity contribution is 0.816. The maximum absolute atomic E-state index is 4.00. The summed E-state index contributed by atoms with van der Waals surface area (Å²) >= 11 is 0. The number of rotatable bonds is 6. The summed E-state index contributed by atoms with van der Waals surface area (Å²) in [6, 6.07) is 5.66. The van der Waals surface area contributed by atoms with Gasteiger partial charge in [0.1, 0.15) is 0 Å². The first-order chi connectivity index (χ1) is 9.74. The fraction of sp³-hybridized carbons (Fsp3) is 0.143. The molecule has 0 fully saturated rings. The number of azo groups is 1. The molecule has 6 heteroatoms. The highest BCUT2D eigenvalue weighted by atomic mass is 15.3. The van der Waals surface area contributed by atoms with E-state index in [4.69, 9.17) is 0 Å². The summed E-state index contributed by atoms with van der Waals surface area (Å²) in [6.45, 7) is 3.72. The first kappa shape index (κ1) is 15.3. The van der Waals surface area contributed by atoms with Gasteiger partial charge in [-0.3, -0.25) is 0 Å². The number of nitrogens with zero attached hydrogens (tertiary/aromatic N) is 5. The van der Waals surface area contributed by atoms with E-state index in [0.717, 1.165) is 5.49 Å². The van der Waals surface area contributed by atoms with E-state index in [2.05, 4.69) is 32.3 Å². The molecule has 0 amide bonds. The highest BCUT2D eigenvalue weighted by Crippen LogP contribution is 1.95. The average Bonchev–Trinajstić information content (AvgIpc) is 2.45. The summed E-state index contributed by atoms with van der Waals surface area (Å²) in [5, 5.41) is 18.3. The van der Waals surface area contributed by atoms with Gasteiger partial charge in [-0.05, 0) is 30.5 Å². The zero-order valence-electron chi connectivity index (χ0n) is 11.6. The predicted octanol–water partition coefficient (Wildman–Crippen LogP) is 2.12. The van der Waals surface area contributed by atoms with Crippen LogP contribution >= 0.6 is 0 Å². The van der Waals surface area contributed by atoms with Crippen molar-refractivity contribution in [1.82, 2.24) is 9.88 Å². The zero-order valence-corrected chi connectivity index (χ0v) is 11.6. The molecule has 1 N–H and O–H groups in total. The van der Waals surface area contributed by atoms with Crippen molar-refractivity contribution in [3.05, 3.63) is 66.6 Å². The van der Waals surface area contributed by atoms with E-state index < -0.39 is 0 Å². The van der Waals surface area contributed by atoms with Gasteiger partial charge in [0.2, 0.25) is 0 Å². The molecule has 0 aromatic carbocycles. The summed E-state index contributed by atoms with van der Waals surface area (Å²) in [7, 11) is 3.72. The van der Waals surface area contributed by atoms with E-state index in [9.17, 15) is 0 Å². The lowest BCUT2D eigenvalue weighted by Crippen LogP contribution is -2.14. The van der Waals surface area contributed by atoms with Crippen LogP contribution in [0.2, 0.25) is 0 Å². The van der Waals surface area contributed by atoms with Crippen LogP contribution in [-0.4, -0.2) is 18.0 Å². The van der Waals surface area contributed by atoms with Crippen LogP contribution in [0.1, 0.15) is 0 Å². The highest BCUT2D eigenvalue weighted by molar-refractivity contribution is 5.54. The first-order valence-electron chi connectivity index (χ1n) is 6.01. The molecule has 0 aliphatic rings. The van der Waals surface area contributed by atoms with Gasteiger partial charge in [-0.25, -0.2) is 0 Å². The van der Waals surface area contributed by atoms with Gasteiger partial charge in [-0.15, -0.1) is 15.3 Å². The molecule has 0 aliphatic carbocycles. The number of pyridine rings is 1. The maximum atomic E-state index is 4.00. The molecule has 0 atom stereocenters. The molecule has 20 heavy (non-hydrogen) atoms. The maximum Gasteiger partial charge on any atom is 0.160 e. The van der Waals surface area contributed by atoms with Crippen LogP contribution in [-0.2, 0) is 7.05 Å². The molecule has 104 valence electrons. The molecule has 0 radical (unpaired) electrons. The van der Waals surface area contributed by atoms with E-state index in [1.807, 2.05) is 55.2 Å². The number of hydrogen-bond acceptors (Lipinski definition) is 4. The van der Waals surface area contributed by atoms with Crippen molar-refractivity contribution in [1.29, 1.82) is 0 Å². The van der Waals surface area contributed by atoms with Crippen LogP contribution in [0.15, 0.2) is 81.5 Å². The van der Waals surface area contributed by atoms with Crippen LogP contribution in [0.4, 0.5) is 0 Å². The van der Waals surface area contributed by atoms with Crippen LogP contribution in [0.25, 0.3) is 0 Å². The van der Waals surface area contributed by atoms with Gasteiger partial charge in [0.05, 0.1) is 5.70 Å². The fourth-order valence-electron chi connectivity index (χ4n) is 1.18. The van der Waals surface area contributed by atoms with Crippen molar-refractivity contribution in [2.75, 3.05) is 7.05 Å². The molecule has 6 nitrogen and oxygen atoms in total. The number of allylic oxidation sites excluding steroid dienone is 3. The van der Waals surface area contributed by atoms with E-state index in [0.29, 0.717) is 5.70 Å². The smallest absolute Gasteiger partial charge is 0.160 e. The van der Waals surface area contributed by atoms with Crippen molar-refractivity contribution >= 4 is 6.34 Å². The highest BCUT2D eigenvalue weighted by Gasteiger charge is 1.82.